The smallest absolute Gasteiger partial charge is 0.259 e. The van der Waals surface area contributed by atoms with Crippen molar-refractivity contribution in [1.29, 1.82) is 0 Å². The first kappa shape index (κ1) is 18.2. The van der Waals surface area contributed by atoms with E-state index < -0.39 is 17.5 Å². The second-order valence-electron chi connectivity index (χ2n) is 6.44. The maximum atomic E-state index is 13.9. The fourth-order valence-corrected chi connectivity index (χ4v) is 3.47. The van der Waals surface area contributed by atoms with Crippen LogP contribution in [0.25, 0.3) is 22.3 Å². The summed E-state index contributed by atoms with van der Waals surface area (Å²) in [5.74, 6) is -1.54. The predicted octanol–water partition coefficient (Wildman–Crippen LogP) is 4.67. The van der Waals surface area contributed by atoms with Crippen LogP contribution in [0, 0.1) is 11.6 Å². The molecule has 0 saturated heterocycles. The number of nitrogens with zero attached hydrogens (tertiary/aromatic N) is 4. The molecule has 0 atom stereocenters. The van der Waals surface area contributed by atoms with E-state index in [9.17, 15) is 13.6 Å². The van der Waals surface area contributed by atoms with E-state index in [2.05, 4.69) is 20.4 Å². The Balaban J connectivity index is 1.56. The van der Waals surface area contributed by atoms with Crippen LogP contribution >= 0.6 is 11.3 Å². The number of halogens is 2. The van der Waals surface area contributed by atoms with Gasteiger partial charge in [0.15, 0.2) is 10.8 Å². The van der Waals surface area contributed by atoms with E-state index in [1.165, 1.54) is 6.20 Å². The van der Waals surface area contributed by atoms with Crippen molar-refractivity contribution in [3.63, 3.8) is 0 Å². The number of benzene rings is 1. The largest absolute Gasteiger partial charge is 0.298 e. The van der Waals surface area contributed by atoms with Gasteiger partial charge in [-0.1, -0.05) is 0 Å². The molecule has 4 aromatic rings. The van der Waals surface area contributed by atoms with Crippen molar-refractivity contribution in [3.8, 4) is 11.3 Å². The average molecular weight is 399 g/mol. The lowest BCUT2D eigenvalue weighted by Crippen LogP contribution is -2.12. The number of hydrogen-bond donors (Lipinski definition) is 1. The normalized spacial score (nSPS) is 11.3. The third-order valence-electron chi connectivity index (χ3n) is 4.11. The first-order valence-electron chi connectivity index (χ1n) is 8.48. The number of hydrogen-bond acceptors (Lipinski definition) is 5. The number of thiazole rings is 1. The van der Waals surface area contributed by atoms with Crippen molar-refractivity contribution >= 4 is 33.4 Å². The number of carbonyl (C=O) groups is 1. The Hall–Kier alpha value is -3.20. The highest BCUT2D eigenvalue weighted by Crippen LogP contribution is 2.28. The molecule has 0 aliphatic heterocycles. The molecular weight excluding hydrogens is 384 g/mol. The Morgan fingerprint density at radius 1 is 1.21 bits per heavy atom. The minimum atomic E-state index is -0.582. The first-order valence-corrected chi connectivity index (χ1v) is 9.36. The van der Waals surface area contributed by atoms with E-state index in [0.29, 0.717) is 11.2 Å². The number of fused-ring (bicyclic) bond motifs is 1. The Morgan fingerprint density at radius 2 is 2.04 bits per heavy atom. The summed E-state index contributed by atoms with van der Waals surface area (Å²) in [5, 5.41) is 9.53. The monoisotopic (exact) mass is 399 g/mol. The summed E-state index contributed by atoms with van der Waals surface area (Å²) in [4.78, 5) is 21.0. The fraction of sp³-hybridized carbons (Fsp3) is 0.158. The zero-order valence-corrected chi connectivity index (χ0v) is 15.8. The van der Waals surface area contributed by atoms with E-state index in [1.54, 1.807) is 22.3 Å². The lowest BCUT2D eigenvalue weighted by molar-refractivity contribution is 0.102. The number of nitrogens with one attached hydrogen (secondary N) is 1. The van der Waals surface area contributed by atoms with Gasteiger partial charge in [0.25, 0.3) is 5.91 Å². The third kappa shape index (κ3) is 3.36. The molecule has 0 aliphatic rings. The van der Waals surface area contributed by atoms with Gasteiger partial charge in [0.05, 0.1) is 17.5 Å². The Labute approximate surface area is 162 Å². The molecule has 142 valence electrons. The molecule has 0 fully saturated rings. The SMILES string of the molecule is CC(C)n1ncc2cc(C(=O)Nc3nc(-c4cc(F)ccc4F)cs3)cnc21. The molecule has 1 N–H and O–H groups in total. The molecular formula is C19H15F2N5OS. The summed E-state index contributed by atoms with van der Waals surface area (Å²) in [5.41, 5.74) is 1.35. The summed E-state index contributed by atoms with van der Waals surface area (Å²) in [6.45, 7) is 3.99. The van der Waals surface area contributed by atoms with Gasteiger partial charge < -0.3 is 0 Å². The van der Waals surface area contributed by atoms with Crippen LogP contribution in [0.2, 0.25) is 0 Å². The molecule has 0 bridgehead atoms. The molecule has 1 amide bonds. The molecule has 0 spiro atoms. The van der Waals surface area contributed by atoms with Gasteiger partial charge in [0.2, 0.25) is 0 Å². The molecule has 4 rings (SSSR count). The lowest BCUT2D eigenvalue weighted by atomic mass is 10.1. The number of carbonyl (C=O) groups excluding carboxylic acids is 1. The van der Waals surface area contributed by atoms with E-state index in [1.807, 2.05) is 13.8 Å². The van der Waals surface area contributed by atoms with Crippen molar-refractivity contribution in [1.82, 2.24) is 19.7 Å². The minimum absolute atomic E-state index is 0.0425. The van der Waals surface area contributed by atoms with Crippen LogP contribution < -0.4 is 5.32 Å². The van der Waals surface area contributed by atoms with Crippen LogP contribution in [0.5, 0.6) is 0 Å². The summed E-state index contributed by atoms with van der Waals surface area (Å²) >= 11 is 1.12. The molecule has 9 heteroatoms. The Morgan fingerprint density at radius 3 is 2.82 bits per heavy atom. The van der Waals surface area contributed by atoms with Crippen LogP contribution in [0.1, 0.15) is 30.2 Å². The molecule has 3 heterocycles. The second kappa shape index (κ2) is 7.08. The van der Waals surface area contributed by atoms with E-state index in [4.69, 9.17) is 0 Å². The lowest BCUT2D eigenvalue weighted by Gasteiger charge is -2.06. The molecule has 1 aromatic carbocycles. The second-order valence-corrected chi connectivity index (χ2v) is 7.29. The van der Waals surface area contributed by atoms with E-state index in [-0.39, 0.29) is 22.4 Å². The van der Waals surface area contributed by atoms with Crippen LogP contribution in [0.3, 0.4) is 0 Å². The Kier molecular flexibility index (Phi) is 4.60. The third-order valence-corrected chi connectivity index (χ3v) is 4.87. The van der Waals surface area contributed by atoms with Gasteiger partial charge in [0, 0.05) is 28.6 Å². The van der Waals surface area contributed by atoms with Gasteiger partial charge in [-0.2, -0.15) is 5.10 Å². The molecule has 6 nitrogen and oxygen atoms in total. The van der Waals surface area contributed by atoms with Crippen molar-refractivity contribution in [3.05, 3.63) is 59.2 Å². The Bertz CT molecular complexity index is 1180. The van der Waals surface area contributed by atoms with Gasteiger partial charge in [-0.15, -0.1) is 11.3 Å². The molecule has 3 aromatic heterocycles. The maximum absolute atomic E-state index is 13.9. The van der Waals surface area contributed by atoms with Crippen molar-refractivity contribution in [2.24, 2.45) is 0 Å². The molecule has 0 unspecified atom stereocenters. The van der Waals surface area contributed by atoms with Crippen LogP contribution in [-0.2, 0) is 0 Å². The van der Waals surface area contributed by atoms with Crippen molar-refractivity contribution in [2.45, 2.75) is 19.9 Å². The van der Waals surface area contributed by atoms with Gasteiger partial charge in [-0.05, 0) is 38.1 Å². The zero-order valence-electron chi connectivity index (χ0n) is 15.0. The summed E-state index contributed by atoms with van der Waals surface area (Å²) in [6.07, 6.45) is 3.13. The predicted molar refractivity (Wildman–Crippen MR) is 103 cm³/mol. The van der Waals surface area contributed by atoms with Crippen molar-refractivity contribution in [2.75, 3.05) is 5.32 Å². The summed E-state index contributed by atoms with van der Waals surface area (Å²) < 4.78 is 29.0. The maximum Gasteiger partial charge on any atom is 0.259 e. The molecule has 0 aliphatic carbocycles. The number of aromatic nitrogens is 4. The van der Waals surface area contributed by atoms with E-state index >= 15 is 0 Å². The van der Waals surface area contributed by atoms with Gasteiger partial charge >= 0.3 is 0 Å². The zero-order chi connectivity index (χ0) is 19.8. The minimum Gasteiger partial charge on any atom is -0.298 e. The van der Waals surface area contributed by atoms with Crippen LogP contribution in [-0.4, -0.2) is 25.7 Å². The highest BCUT2D eigenvalue weighted by Gasteiger charge is 2.15. The topological polar surface area (TPSA) is 72.7 Å². The van der Waals surface area contributed by atoms with Crippen LogP contribution in [0.4, 0.5) is 13.9 Å². The first-order chi connectivity index (χ1) is 13.4. The highest BCUT2D eigenvalue weighted by molar-refractivity contribution is 7.14. The number of rotatable bonds is 4. The highest BCUT2D eigenvalue weighted by atomic mass is 32.1. The number of pyridine rings is 1. The average Bonchev–Trinajstić information content (AvgIpc) is 3.30. The van der Waals surface area contributed by atoms with Crippen molar-refractivity contribution < 1.29 is 13.6 Å². The van der Waals surface area contributed by atoms with Gasteiger partial charge in [-0.25, -0.2) is 23.4 Å². The number of amides is 1. The standard InChI is InChI=1S/C19H15F2N5OS/c1-10(2)26-17-11(8-23-26)5-12(7-22-17)18(27)25-19-24-16(9-28-19)14-6-13(20)3-4-15(14)21/h3-10H,1-2H3,(H,24,25,27). The summed E-state index contributed by atoms with van der Waals surface area (Å²) in [7, 11) is 0. The quantitative estimate of drug-likeness (QED) is 0.541. The summed E-state index contributed by atoms with van der Waals surface area (Å²) in [6, 6.07) is 5.00. The fourth-order valence-electron chi connectivity index (χ4n) is 2.76. The molecule has 0 saturated carbocycles. The number of anilines is 1. The van der Waals surface area contributed by atoms with Gasteiger partial charge in [0.1, 0.15) is 11.6 Å². The van der Waals surface area contributed by atoms with E-state index in [0.717, 1.165) is 34.9 Å². The molecule has 28 heavy (non-hydrogen) atoms. The molecule has 0 radical (unpaired) electrons. The van der Waals surface area contributed by atoms with Gasteiger partial charge in [-0.3, -0.25) is 10.1 Å². The van der Waals surface area contributed by atoms with Crippen LogP contribution in [0.15, 0.2) is 42.0 Å².